The first-order chi connectivity index (χ1) is 12.4. The molecule has 1 atom stereocenters. The van der Waals surface area contributed by atoms with Crippen molar-refractivity contribution in [3.05, 3.63) is 36.4 Å². The van der Waals surface area contributed by atoms with Crippen LogP contribution in [0.5, 0.6) is 0 Å². The largest absolute Gasteiger partial charge is 0.376 e. The van der Waals surface area contributed by atoms with Crippen molar-refractivity contribution in [2.24, 2.45) is 0 Å². The van der Waals surface area contributed by atoms with Gasteiger partial charge in [-0.2, -0.15) is 4.98 Å². The summed E-state index contributed by atoms with van der Waals surface area (Å²) in [6, 6.07) is 12.5. The van der Waals surface area contributed by atoms with Crippen molar-refractivity contribution in [2.45, 2.75) is 38.2 Å². The number of nitrogens with zero attached hydrogens (tertiary/aromatic N) is 3. The van der Waals surface area contributed by atoms with Gasteiger partial charge < -0.3 is 15.0 Å². The molecule has 132 valence electrons. The standard InChI is InChI=1S/C20H26N4O/c1-3-8-16(9-4-1)18-14-19(24-11-5-2-6-12-24)23-20(22-18)21-15-17-10-7-13-25-17/h1,3-4,8-9,14,17H,2,5-7,10-13,15H2,(H,21,22,23). The van der Waals surface area contributed by atoms with Crippen molar-refractivity contribution in [2.75, 3.05) is 36.5 Å². The van der Waals surface area contributed by atoms with Crippen LogP contribution in [0.1, 0.15) is 32.1 Å². The Bertz CT molecular complexity index is 679. The lowest BCUT2D eigenvalue weighted by Gasteiger charge is -2.28. The minimum absolute atomic E-state index is 0.280. The molecule has 1 N–H and O–H groups in total. The third kappa shape index (κ3) is 4.10. The van der Waals surface area contributed by atoms with E-state index in [0.29, 0.717) is 5.95 Å². The molecular weight excluding hydrogens is 312 g/mol. The molecule has 2 fully saturated rings. The Balaban J connectivity index is 1.59. The van der Waals surface area contributed by atoms with Crippen LogP contribution in [-0.4, -0.2) is 42.3 Å². The Morgan fingerprint density at radius 1 is 1.04 bits per heavy atom. The number of aromatic nitrogens is 2. The van der Waals surface area contributed by atoms with Crippen LogP contribution < -0.4 is 10.2 Å². The summed E-state index contributed by atoms with van der Waals surface area (Å²) in [4.78, 5) is 11.9. The Kier molecular flexibility index (Phi) is 5.11. The first kappa shape index (κ1) is 16.3. The molecular formula is C20H26N4O. The van der Waals surface area contributed by atoms with E-state index in [9.17, 15) is 0 Å². The Hall–Kier alpha value is -2.14. The summed E-state index contributed by atoms with van der Waals surface area (Å²) in [7, 11) is 0. The molecule has 2 aromatic rings. The number of hydrogen-bond donors (Lipinski definition) is 1. The number of rotatable bonds is 5. The summed E-state index contributed by atoms with van der Waals surface area (Å²) in [6.07, 6.45) is 6.34. The number of piperidine rings is 1. The smallest absolute Gasteiger partial charge is 0.225 e. The first-order valence-corrected chi connectivity index (χ1v) is 9.43. The van der Waals surface area contributed by atoms with Gasteiger partial charge in [0.2, 0.25) is 5.95 Å². The van der Waals surface area contributed by atoms with Gasteiger partial charge in [-0.05, 0) is 32.1 Å². The molecule has 0 bridgehead atoms. The van der Waals surface area contributed by atoms with Crippen molar-refractivity contribution in [3.8, 4) is 11.3 Å². The predicted octanol–water partition coefficient (Wildman–Crippen LogP) is 3.72. The molecule has 1 aromatic heterocycles. The van der Waals surface area contributed by atoms with Crippen molar-refractivity contribution < 1.29 is 4.74 Å². The SMILES string of the molecule is c1ccc(-c2cc(N3CCCCC3)nc(NCC3CCCO3)n2)cc1. The lowest BCUT2D eigenvalue weighted by atomic mass is 10.1. The fraction of sp³-hybridized carbons (Fsp3) is 0.500. The number of hydrogen-bond acceptors (Lipinski definition) is 5. The topological polar surface area (TPSA) is 50.3 Å². The summed E-state index contributed by atoms with van der Waals surface area (Å²) in [5, 5.41) is 3.40. The van der Waals surface area contributed by atoms with E-state index in [-0.39, 0.29) is 6.10 Å². The monoisotopic (exact) mass is 338 g/mol. The quantitative estimate of drug-likeness (QED) is 0.900. The minimum atomic E-state index is 0.280. The Labute approximate surface area is 149 Å². The van der Waals surface area contributed by atoms with Crippen LogP contribution in [0.4, 0.5) is 11.8 Å². The van der Waals surface area contributed by atoms with Gasteiger partial charge in [0, 0.05) is 37.9 Å². The van der Waals surface area contributed by atoms with Gasteiger partial charge in [-0.25, -0.2) is 4.98 Å². The molecule has 0 saturated carbocycles. The van der Waals surface area contributed by atoms with Crippen molar-refractivity contribution in [1.29, 1.82) is 0 Å². The average molecular weight is 338 g/mol. The van der Waals surface area contributed by atoms with E-state index < -0.39 is 0 Å². The molecule has 0 aliphatic carbocycles. The first-order valence-electron chi connectivity index (χ1n) is 9.43. The van der Waals surface area contributed by atoms with E-state index in [4.69, 9.17) is 14.7 Å². The predicted molar refractivity (Wildman–Crippen MR) is 101 cm³/mol. The third-order valence-corrected chi connectivity index (χ3v) is 4.97. The Morgan fingerprint density at radius 3 is 2.64 bits per heavy atom. The molecule has 2 aliphatic heterocycles. The van der Waals surface area contributed by atoms with E-state index in [0.717, 1.165) is 56.2 Å². The zero-order chi connectivity index (χ0) is 16.9. The fourth-order valence-corrected chi connectivity index (χ4v) is 3.57. The lowest BCUT2D eigenvalue weighted by molar-refractivity contribution is 0.120. The number of benzene rings is 1. The van der Waals surface area contributed by atoms with Crippen LogP contribution in [0, 0.1) is 0 Å². The van der Waals surface area contributed by atoms with Crippen LogP contribution >= 0.6 is 0 Å². The van der Waals surface area contributed by atoms with Crippen LogP contribution in [0.15, 0.2) is 36.4 Å². The van der Waals surface area contributed by atoms with E-state index in [1.165, 1.54) is 19.3 Å². The molecule has 0 radical (unpaired) electrons. The molecule has 2 saturated heterocycles. The highest BCUT2D eigenvalue weighted by atomic mass is 16.5. The summed E-state index contributed by atoms with van der Waals surface area (Å²) in [6.45, 7) is 3.81. The van der Waals surface area contributed by atoms with E-state index in [1.54, 1.807) is 0 Å². The molecule has 0 spiro atoms. The zero-order valence-corrected chi connectivity index (χ0v) is 14.7. The zero-order valence-electron chi connectivity index (χ0n) is 14.7. The Morgan fingerprint density at radius 2 is 1.88 bits per heavy atom. The van der Waals surface area contributed by atoms with Gasteiger partial charge in [-0.1, -0.05) is 30.3 Å². The van der Waals surface area contributed by atoms with Crippen LogP contribution in [0.25, 0.3) is 11.3 Å². The van der Waals surface area contributed by atoms with Crippen LogP contribution in [0.3, 0.4) is 0 Å². The highest BCUT2D eigenvalue weighted by molar-refractivity contribution is 5.64. The van der Waals surface area contributed by atoms with E-state index >= 15 is 0 Å². The van der Waals surface area contributed by atoms with E-state index in [2.05, 4.69) is 40.5 Å². The van der Waals surface area contributed by atoms with Gasteiger partial charge in [0.05, 0.1) is 11.8 Å². The third-order valence-electron chi connectivity index (χ3n) is 4.97. The maximum atomic E-state index is 5.71. The summed E-state index contributed by atoms with van der Waals surface area (Å²) < 4.78 is 5.71. The molecule has 5 heteroatoms. The molecule has 5 nitrogen and oxygen atoms in total. The van der Waals surface area contributed by atoms with E-state index in [1.807, 2.05) is 6.07 Å². The van der Waals surface area contributed by atoms with Gasteiger partial charge in [0.25, 0.3) is 0 Å². The molecule has 1 aromatic carbocycles. The molecule has 3 heterocycles. The molecule has 2 aliphatic rings. The summed E-state index contributed by atoms with van der Waals surface area (Å²) in [5.41, 5.74) is 2.11. The minimum Gasteiger partial charge on any atom is -0.376 e. The molecule has 25 heavy (non-hydrogen) atoms. The van der Waals surface area contributed by atoms with Crippen molar-refractivity contribution in [3.63, 3.8) is 0 Å². The second-order valence-corrected chi connectivity index (χ2v) is 6.86. The number of nitrogens with one attached hydrogen (secondary N) is 1. The normalized spacial score (nSPS) is 20.6. The fourth-order valence-electron chi connectivity index (χ4n) is 3.57. The van der Waals surface area contributed by atoms with Gasteiger partial charge in [0.1, 0.15) is 5.82 Å². The molecule has 0 amide bonds. The highest BCUT2D eigenvalue weighted by Crippen LogP contribution is 2.25. The summed E-state index contributed by atoms with van der Waals surface area (Å²) in [5.74, 6) is 1.74. The number of anilines is 2. The van der Waals surface area contributed by atoms with Crippen LogP contribution in [0.2, 0.25) is 0 Å². The van der Waals surface area contributed by atoms with Gasteiger partial charge in [-0.3, -0.25) is 0 Å². The number of ether oxygens (including phenoxy) is 1. The van der Waals surface area contributed by atoms with Gasteiger partial charge in [-0.15, -0.1) is 0 Å². The van der Waals surface area contributed by atoms with Crippen molar-refractivity contribution in [1.82, 2.24) is 9.97 Å². The van der Waals surface area contributed by atoms with Gasteiger partial charge in [0.15, 0.2) is 0 Å². The lowest BCUT2D eigenvalue weighted by Crippen LogP contribution is -2.30. The average Bonchev–Trinajstić information content (AvgIpc) is 3.21. The van der Waals surface area contributed by atoms with Crippen LogP contribution in [-0.2, 0) is 4.74 Å². The summed E-state index contributed by atoms with van der Waals surface area (Å²) >= 11 is 0. The molecule has 4 rings (SSSR count). The maximum Gasteiger partial charge on any atom is 0.225 e. The second kappa shape index (κ2) is 7.83. The second-order valence-electron chi connectivity index (χ2n) is 6.86. The maximum absolute atomic E-state index is 5.71. The van der Waals surface area contributed by atoms with Gasteiger partial charge >= 0.3 is 0 Å². The molecule has 1 unspecified atom stereocenters. The van der Waals surface area contributed by atoms with Crippen molar-refractivity contribution >= 4 is 11.8 Å². The highest BCUT2D eigenvalue weighted by Gasteiger charge is 2.18.